The Balaban J connectivity index is 1.69. The molecular formula is C29H29N3O4S. The van der Waals surface area contributed by atoms with Crippen molar-refractivity contribution in [1.82, 2.24) is 9.88 Å². The number of carbonyl (C=O) groups is 1. The van der Waals surface area contributed by atoms with Gasteiger partial charge in [-0.25, -0.2) is 4.79 Å². The van der Waals surface area contributed by atoms with Gasteiger partial charge in [0, 0.05) is 17.6 Å². The van der Waals surface area contributed by atoms with E-state index >= 15 is 0 Å². The number of para-hydroxylation sites is 1. The van der Waals surface area contributed by atoms with Gasteiger partial charge in [0.05, 0.1) is 32.0 Å². The normalized spacial score (nSPS) is 10.7. The molecule has 2 N–H and O–H groups in total. The van der Waals surface area contributed by atoms with Crippen LogP contribution < -0.4 is 15.6 Å². The molecule has 0 aliphatic rings. The minimum absolute atomic E-state index is 0.173. The second kappa shape index (κ2) is 11.3. The highest BCUT2D eigenvalue weighted by atomic mass is 32.1. The van der Waals surface area contributed by atoms with Gasteiger partial charge in [-0.3, -0.25) is 4.79 Å². The minimum atomic E-state index is -0.468. The number of fused-ring (bicyclic) bond motifs is 1. The first-order valence-electron chi connectivity index (χ1n) is 11.8. The summed E-state index contributed by atoms with van der Waals surface area (Å²) in [7, 11) is 2.96. The Morgan fingerprint density at radius 3 is 2.38 bits per heavy atom. The third-order valence-corrected chi connectivity index (χ3v) is 6.65. The number of H-pyrrole nitrogens is 1. The molecule has 0 aliphatic heterocycles. The molecule has 4 aromatic rings. The van der Waals surface area contributed by atoms with Crippen LogP contribution in [0, 0.1) is 13.8 Å². The molecule has 1 heterocycles. The Kier molecular flexibility index (Phi) is 7.89. The molecule has 0 saturated heterocycles. The first kappa shape index (κ1) is 25.9. The standard InChI is InChI=1S/C29H29N3O4S/c1-18-13-21-15-22(27(33)30-26(21)14-19(18)2)17-32(16-20-9-11-23(35-3)12-10-20)29(37)31-25-8-6-5-7-24(25)28(34)36-4/h5-15H,16-17H2,1-4H3,(H,30,33)(H,31,37). The number of benzene rings is 3. The number of anilines is 1. The monoisotopic (exact) mass is 515 g/mol. The number of hydrogen-bond donors (Lipinski definition) is 2. The van der Waals surface area contributed by atoms with E-state index in [0.717, 1.165) is 33.3 Å². The molecule has 0 spiro atoms. The predicted molar refractivity (Wildman–Crippen MR) is 150 cm³/mol. The van der Waals surface area contributed by atoms with Crippen LogP contribution in [-0.4, -0.2) is 35.2 Å². The number of esters is 1. The van der Waals surface area contributed by atoms with Crippen molar-refractivity contribution >= 4 is 39.9 Å². The molecule has 0 atom stereocenters. The van der Waals surface area contributed by atoms with Crippen molar-refractivity contribution in [1.29, 1.82) is 0 Å². The van der Waals surface area contributed by atoms with E-state index in [1.165, 1.54) is 7.11 Å². The Hall–Kier alpha value is -4.17. The molecule has 0 unspecified atom stereocenters. The number of aryl methyl sites for hydroxylation is 2. The molecular weight excluding hydrogens is 486 g/mol. The van der Waals surface area contributed by atoms with Crippen molar-refractivity contribution in [2.75, 3.05) is 19.5 Å². The number of nitrogens with one attached hydrogen (secondary N) is 2. The zero-order valence-corrected chi connectivity index (χ0v) is 22.1. The average Bonchev–Trinajstić information content (AvgIpc) is 2.90. The summed E-state index contributed by atoms with van der Waals surface area (Å²) in [5.74, 6) is 0.281. The van der Waals surface area contributed by atoms with Gasteiger partial charge in [-0.1, -0.05) is 24.3 Å². The molecule has 8 heteroatoms. The SMILES string of the molecule is COC(=O)c1ccccc1NC(=S)N(Cc1ccc(OC)cc1)Cc1cc2cc(C)c(C)cc2[nH]c1=O. The Morgan fingerprint density at radius 2 is 1.68 bits per heavy atom. The molecule has 0 bridgehead atoms. The number of methoxy groups -OCH3 is 2. The fraction of sp³-hybridized carbons (Fsp3) is 0.207. The van der Waals surface area contributed by atoms with Crippen LogP contribution in [0.15, 0.2) is 71.5 Å². The number of ether oxygens (including phenoxy) is 2. The second-order valence-corrected chi connectivity index (χ2v) is 9.21. The summed E-state index contributed by atoms with van der Waals surface area (Å²) in [6, 6.07) is 20.6. The maximum atomic E-state index is 13.0. The quantitative estimate of drug-likeness (QED) is 0.254. The van der Waals surface area contributed by atoms with Gasteiger partial charge in [-0.05, 0) is 90.6 Å². The molecule has 7 nitrogen and oxygen atoms in total. The van der Waals surface area contributed by atoms with Crippen LogP contribution in [0.2, 0.25) is 0 Å². The van der Waals surface area contributed by atoms with Crippen molar-refractivity contribution in [3.8, 4) is 5.75 Å². The van der Waals surface area contributed by atoms with E-state index in [-0.39, 0.29) is 12.1 Å². The van der Waals surface area contributed by atoms with Crippen molar-refractivity contribution < 1.29 is 14.3 Å². The van der Waals surface area contributed by atoms with Gasteiger partial charge in [-0.15, -0.1) is 0 Å². The van der Waals surface area contributed by atoms with Gasteiger partial charge in [0.25, 0.3) is 5.56 Å². The molecule has 0 radical (unpaired) electrons. The Morgan fingerprint density at radius 1 is 0.973 bits per heavy atom. The summed E-state index contributed by atoms with van der Waals surface area (Å²) < 4.78 is 10.2. The van der Waals surface area contributed by atoms with Crippen LogP contribution in [-0.2, 0) is 17.8 Å². The molecule has 37 heavy (non-hydrogen) atoms. The number of thiocarbonyl (C=S) groups is 1. The maximum absolute atomic E-state index is 13.0. The third kappa shape index (κ3) is 5.98. The van der Waals surface area contributed by atoms with Gasteiger partial charge in [0.15, 0.2) is 5.11 Å². The van der Waals surface area contributed by atoms with Crippen LogP contribution in [0.25, 0.3) is 10.9 Å². The largest absolute Gasteiger partial charge is 0.497 e. The molecule has 0 aliphatic carbocycles. The van der Waals surface area contributed by atoms with Gasteiger partial charge < -0.3 is 24.7 Å². The molecule has 190 valence electrons. The fourth-order valence-electron chi connectivity index (χ4n) is 4.07. The highest BCUT2D eigenvalue weighted by Gasteiger charge is 2.18. The van der Waals surface area contributed by atoms with E-state index in [9.17, 15) is 9.59 Å². The van der Waals surface area contributed by atoms with E-state index in [1.54, 1.807) is 25.3 Å². The lowest BCUT2D eigenvalue weighted by Crippen LogP contribution is -2.36. The van der Waals surface area contributed by atoms with Gasteiger partial charge in [-0.2, -0.15) is 0 Å². The topological polar surface area (TPSA) is 83.7 Å². The lowest BCUT2D eigenvalue weighted by molar-refractivity contribution is 0.0602. The summed E-state index contributed by atoms with van der Waals surface area (Å²) in [5, 5.41) is 4.50. The summed E-state index contributed by atoms with van der Waals surface area (Å²) >= 11 is 5.79. The molecule has 4 rings (SSSR count). The van der Waals surface area contributed by atoms with Gasteiger partial charge >= 0.3 is 5.97 Å². The number of pyridine rings is 1. The number of nitrogens with zero attached hydrogens (tertiary/aromatic N) is 1. The van der Waals surface area contributed by atoms with E-state index in [2.05, 4.69) is 16.4 Å². The van der Waals surface area contributed by atoms with Gasteiger partial charge in [0.2, 0.25) is 0 Å². The average molecular weight is 516 g/mol. The maximum Gasteiger partial charge on any atom is 0.339 e. The summed E-state index contributed by atoms with van der Waals surface area (Å²) in [6.45, 7) is 4.76. The van der Waals surface area contributed by atoms with Crippen molar-refractivity contribution in [3.63, 3.8) is 0 Å². The van der Waals surface area contributed by atoms with Crippen LogP contribution in [0.4, 0.5) is 5.69 Å². The zero-order valence-electron chi connectivity index (χ0n) is 21.3. The van der Waals surface area contributed by atoms with Crippen LogP contribution in [0.5, 0.6) is 5.75 Å². The van der Waals surface area contributed by atoms with E-state index in [1.807, 2.05) is 61.2 Å². The first-order valence-corrected chi connectivity index (χ1v) is 12.2. The summed E-state index contributed by atoms with van der Waals surface area (Å²) in [4.78, 5) is 30.2. The van der Waals surface area contributed by atoms with Crippen LogP contribution in [0.1, 0.15) is 32.6 Å². The molecule has 1 aromatic heterocycles. The summed E-state index contributed by atoms with van der Waals surface area (Å²) in [6.07, 6.45) is 0. The fourth-order valence-corrected chi connectivity index (χ4v) is 4.31. The van der Waals surface area contributed by atoms with E-state index in [0.29, 0.717) is 28.5 Å². The lowest BCUT2D eigenvalue weighted by Gasteiger charge is -2.26. The van der Waals surface area contributed by atoms with E-state index in [4.69, 9.17) is 21.7 Å². The third-order valence-electron chi connectivity index (χ3n) is 6.29. The lowest BCUT2D eigenvalue weighted by atomic mass is 10.0. The first-order chi connectivity index (χ1) is 17.8. The van der Waals surface area contributed by atoms with Crippen LogP contribution >= 0.6 is 12.2 Å². The van der Waals surface area contributed by atoms with Crippen molar-refractivity contribution in [2.45, 2.75) is 26.9 Å². The highest BCUT2D eigenvalue weighted by Crippen LogP contribution is 2.21. The molecule has 3 aromatic carbocycles. The van der Waals surface area contributed by atoms with E-state index < -0.39 is 5.97 Å². The highest BCUT2D eigenvalue weighted by molar-refractivity contribution is 7.80. The van der Waals surface area contributed by atoms with Crippen molar-refractivity contribution in [2.24, 2.45) is 0 Å². The molecule has 0 saturated carbocycles. The smallest absolute Gasteiger partial charge is 0.339 e. The second-order valence-electron chi connectivity index (χ2n) is 8.82. The zero-order chi connectivity index (χ0) is 26.5. The van der Waals surface area contributed by atoms with Crippen molar-refractivity contribution in [3.05, 3.63) is 105 Å². The number of aromatic amines is 1. The molecule has 0 amide bonds. The number of rotatable bonds is 7. The molecule has 0 fully saturated rings. The van der Waals surface area contributed by atoms with Crippen LogP contribution in [0.3, 0.4) is 0 Å². The summed E-state index contributed by atoms with van der Waals surface area (Å²) in [5.41, 5.74) is 5.34. The van der Waals surface area contributed by atoms with Gasteiger partial charge in [0.1, 0.15) is 5.75 Å². The number of aromatic nitrogens is 1. The number of hydrogen-bond acceptors (Lipinski definition) is 5. The number of carbonyl (C=O) groups excluding carboxylic acids is 1. The predicted octanol–water partition coefficient (Wildman–Crippen LogP) is 5.34. The minimum Gasteiger partial charge on any atom is -0.497 e. The Labute approximate surface area is 221 Å². The Bertz CT molecular complexity index is 1510.